The average molecular weight is 249 g/mol. The molecule has 4 nitrogen and oxygen atoms in total. The van der Waals surface area contributed by atoms with Crippen LogP contribution in [0.5, 0.6) is 0 Å². The van der Waals surface area contributed by atoms with Gasteiger partial charge in [-0.2, -0.15) is 0 Å². The zero-order valence-electron chi connectivity index (χ0n) is 10.6. The highest BCUT2D eigenvalue weighted by atomic mass is 16.5. The summed E-state index contributed by atoms with van der Waals surface area (Å²) in [6, 6.07) is 8.02. The van der Waals surface area contributed by atoms with Crippen LogP contribution in [-0.2, 0) is 27.4 Å². The number of carbonyl (C=O) groups is 1. The van der Waals surface area contributed by atoms with Gasteiger partial charge in [0.15, 0.2) is 0 Å². The maximum absolute atomic E-state index is 11.8. The molecule has 18 heavy (non-hydrogen) atoms. The number of rotatable bonds is 5. The topological polar surface area (TPSA) is 47.6 Å². The third kappa shape index (κ3) is 3.55. The van der Waals surface area contributed by atoms with Crippen molar-refractivity contribution in [1.82, 2.24) is 5.32 Å². The predicted octanol–water partition coefficient (Wildman–Crippen LogP) is 1.63. The fraction of sp³-hybridized carbons (Fsp3) is 0.500. The Bertz CT molecular complexity index is 400. The summed E-state index contributed by atoms with van der Waals surface area (Å²) < 4.78 is 10.4. The zero-order valence-corrected chi connectivity index (χ0v) is 10.6. The monoisotopic (exact) mass is 249 g/mol. The van der Waals surface area contributed by atoms with E-state index in [1.165, 1.54) is 0 Å². The minimum absolute atomic E-state index is 0.00959. The van der Waals surface area contributed by atoms with Crippen LogP contribution in [0.15, 0.2) is 24.3 Å². The third-order valence-electron chi connectivity index (χ3n) is 2.99. The van der Waals surface area contributed by atoms with Crippen molar-refractivity contribution in [3.05, 3.63) is 35.4 Å². The van der Waals surface area contributed by atoms with Crippen molar-refractivity contribution in [2.45, 2.75) is 32.1 Å². The first-order chi connectivity index (χ1) is 8.79. The van der Waals surface area contributed by atoms with E-state index in [4.69, 9.17) is 9.47 Å². The highest BCUT2D eigenvalue weighted by Crippen LogP contribution is 2.12. The number of benzene rings is 1. The van der Waals surface area contributed by atoms with Crippen LogP contribution in [0.2, 0.25) is 0 Å². The lowest BCUT2D eigenvalue weighted by Crippen LogP contribution is -2.33. The quantitative estimate of drug-likeness (QED) is 0.862. The third-order valence-corrected chi connectivity index (χ3v) is 2.99. The van der Waals surface area contributed by atoms with Gasteiger partial charge < -0.3 is 14.8 Å². The van der Waals surface area contributed by atoms with Crippen LogP contribution >= 0.6 is 0 Å². The molecule has 1 unspecified atom stereocenters. The molecule has 1 aromatic rings. The molecule has 1 aliphatic rings. The van der Waals surface area contributed by atoms with Gasteiger partial charge in [0.2, 0.25) is 5.91 Å². The molecule has 4 heteroatoms. The molecule has 1 fully saturated rings. The number of hydrogen-bond acceptors (Lipinski definition) is 3. The van der Waals surface area contributed by atoms with Gasteiger partial charge in [-0.05, 0) is 24.0 Å². The van der Waals surface area contributed by atoms with Gasteiger partial charge in [0.1, 0.15) is 6.10 Å². The molecular weight excluding hydrogens is 230 g/mol. The molecule has 0 spiro atoms. The maximum Gasteiger partial charge on any atom is 0.249 e. The summed E-state index contributed by atoms with van der Waals surface area (Å²) in [7, 11) is 1.67. The first kappa shape index (κ1) is 13.1. The number of ether oxygens (including phenoxy) is 2. The minimum atomic E-state index is -0.257. The Hall–Kier alpha value is -1.39. The van der Waals surface area contributed by atoms with E-state index >= 15 is 0 Å². The Balaban J connectivity index is 1.85. The summed E-state index contributed by atoms with van der Waals surface area (Å²) in [5, 5.41) is 2.91. The molecule has 1 aliphatic heterocycles. The van der Waals surface area contributed by atoms with Gasteiger partial charge in [0.05, 0.1) is 6.61 Å². The van der Waals surface area contributed by atoms with E-state index in [0.29, 0.717) is 19.8 Å². The molecule has 2 rings (SSSR count). The summed E-state index contributed by atoms with van der Waals surface area (Å²) in [6.07, 6.45) is 1.55. The van der Waals surface area contributed by atoms with Crippen molar-refractivity contribution in [3.63, 3.8) is 0 Å². The summed E-state index contributed by atoms with van der Waals surface area (Å²) in [4.78, 5) is 11.8. The van der Waals surface area contributed by atoms with Crippen LogP contribution in [0.25, 0.3) is 0 Å². The fourth-order valence-corrected chi connectivity index (χ4v) is 2.08. The highest BCUT2D eigenvalue weighted by Gasteiger charge is 2.22. The summed E-state index contributed by atoms with van der Waals surface area (Å²) in [5.74, 6) is -0.00959. The molecule has 1 aromatic carbocycles. The van der Waals surface area contributed by atoms with Crippen LogP contribution in [0.4, 0.5) is 0 Å². The number of carbonyl (C=O) groups excluding carboxylic acids is 1. The van der Waals surface area contributed by atoms with Crippen molar-refractivity contribution >= 4 is 5.91 Å². The van der Waals surface area contributed by atoms with E-state index in [9.17, 15) is 4.79 Å². The number of nitrogens with one attached hydrogen (secondary N) is 1. The molecule has 1 N–H and O–H groups in total. The number of hydrogen-bond donors (Lipinski definition) is 1. The first-order valence-corrected chi connectivity index (χ1v) is 6.25. The highest BCUT2D eigenvalue weighted by molar-refractivity contribution is 5.80. The summed E-state index contributed by atoms with van der Waals surface area (Å²) in [5.41, 5.74) is 2.19. The zero-order chi connectivity index (χ0) is 12.8. The van der Waals surface area contributed by atoms with Gasteiger partial charge in [0.25, 0.3) is 0 Å². The van der Waals surface area contributed by atoms with Gasteiger partial charge in [0, 0.05) is 20.3 Å². The summed E-state index contributed by atoms with van der Waals surface area (Å²) in [6.45, 7) is 1.82. The van der Waals surface area contributed by atoms with Gasteiger partial charge >= 0.3 is 0 Å². The van der Waals surface area contributed by atoms with E-state index < -0.39 is 0 Å². The Morgan fingerprint density at radius 3 is 3.06 bits per heavy atom. The van der Waals surface area contributed by atoms with Gasteiger partial charge in [-0.3, -0.25) is 4.79 Å². The largest absolute Gasteiger partial charge is 0.380 e. The second kappa shape index (κ2) is 6.52. The van der Waals surface area contributed by atoms with Crippen LogP contribution in [0.1, 0.15) is 24.0 Å². The lowest BCUT2D eigenvalue weighted by atomic mass is 10.1. The van der Waals surface area contributed by atoms with Crippen LogP contribution in [-0.4, -0.2) is 25.7 Å². The molecule has 1 amide bonds. The lowest BCUT2D eigenvalue weighted by molar-refractivity contribution is -0.130. The van der Waals surface area contributed by atoms with Gasteiger partial charge in [-0.1, -0.05) is 24.3 Å². The summed E-state index contributed by atoms with van der Waals surface area (Å²) >= 11 is 0. The minimum Gasteiger partial charge on any atom is -0.380 e. The van der Waals surface area contributed by atoms with Crippen molar-refractivity contribution in [2.24, 2.45) is 0 Å². The molecule has 0 aromatic heterocycles. The van der Waals surface area contributed by atoms with E-state index in [2.05, 4.69) is 5.32 Å². The SMILES string of the molecule is COCc1cccc(CNC(=O)C2CCCO2)c1. The molecular formula is C14H19NO3. The molecule has 1 heterocycles. The maximum atomic E-state index is 11.8. The van der Waals surface area contributed by atoms with Crippen molar-refractivity contribution in [2.75, 3.05) is 13.7 Å². The fourth-order valence-electron chi connectivity index (χ4n) is 2.08. The normalized spacial score (nSPS) is 18.8. The molecule has 98 valence electrons. The molecule has 1 saturated heterocycles. The standard InChI is InChI=1S/C14H19NO3/c1-17-10-12-5-2-4-11(8-12)9-15-14(16)13-6-3-7-18-13/h2,4-5,8,13H,3,6-7,9-10H2,1H3,(H,15,16). The Kier molecular flexibility index (Phi) is 4.73. The van der Waals surface area contributed by atoms with E-state index in [0.717, 1.165) is 24.0 Å². The van der Waals surface area contributed by atoms with E-state index in [1.54, 1.807) is 7.11 Å². The number of methoxy groups -OCH3 is 1. The van der Waals surface area contributed by atoms with Crippen molar-refractivity contribution < 1.29 is 14.3 Å². The molecule has 1 atom stereocenters. The van der Waals surface area contributed by atoms with E-state index in [1.807, 2.05) is 24.3 Å². The van der Waals surface area contributed by atoms with Crippen molar-refractivity contribution in [3.8, 4) is 0 Å². The second-order valence-electron chi connectivity index (χ2n) is 4.47. The Morgan fingerprint density at radius 1 is 1.50 bits per heavy atom. The van der Waals surface area contributed by atoms with E-state index in [-0.39, 0.29) is 12.0 Å². The molecule has 0 aliphatic carbocycles. The molecule has 0 bridgehead atoms. The Labute approximate surface area is 107 Å². The molecule has 0 saturated carbocycles. The van der Waals surface area contributed by atoms with Crippen LogP contribution in [0.3, 0.4) is 0 Å². The second-order valence-corrected chi connectivity index (χ2v) is 4.47. The molecule has 0 radical (unpaired) electrons. The first-order valence-electron chi connectivity index (χ1n) is 6.25. The lowest BCUT2D eigenvalue weighted by Gasteiger charge is -2.11. The van der Waals surface area contributed by atoms with Crippen molar-refractivity contribution in [1.29, 1.82) is 0 Å². The smallest absolute Gasteiger partial charge is 0.249 e. The average Bonchev–Trinajstić information content (AvgIpc) is 2.91. The predicted molar refractivity (Wildman–Crippen MR) is 68.0 cm³/mol. The van der Waals surface area contributed by atoms with Crippen LogP contribution < -0.4 is 5.32 Å². The van der Waals surface area contributed by atoms with Crippen LogP contribution in [0, 0.1) is 0 Å². The number of amides is 1. The van der Waals surface area contributed by atoms with Gasteiger partial charge in [-0.15, -0.1) is 0 Å². The van der Waals surface area contributed by atoms with Gasteiger partial charge in [-0.25, -0.2) is 0 Å². The Morgan fingerprint density at radius 2 is 2.33 bits per heavy atom.